The first-order valence-electron chi connectivity index (χ1n) is 9.85. The smallest absolute Gasteiger partial charge is 0.348 e. The molecule has 0 bridgehead atoms. The number of carbonyl (C=O) groups excluding carboxylic acids is 2. The topological polar surface area (TPSA) is 76.5 Å². The number of ether oxygens (including phenoxy) is 1. The van der Waals surface area contributed by atoms with Crippen LogP contribution in [0.5, 0.6) is 0 Å². The van der Waals surface area contributed by atoms with Crippen LogP contribution in [0.1, 0.15) is 15.2 Å². The molecule has 0 aliphatic heterocycles. The maximum absolute atomic E-state index is 12.9. The molecule has 164 valence electrons. The molecular weight excluding hydrogens is 431 g/mol. The highest BCUT2D eigenvalue weighted by molar-refractivity contribution is 7.20. The number of hydrogen-bond donors (Lipinski definition) is 1. The minimum absolute atomic E-state index is 0.220. The number of para-hydroxylation sites is 1. The van der Waals surface area contributed by atoms with Crippen LogP contribution in [0.25, 0.3) is 16.0 Å². The first kappa shape index (κ1) is 21.5. The Hall–Kier alpha value is -3.72. The SMILES string of the molecule is CN(C)c1nc2cc(C(=O)OCC(=O)NCc3ccc(F)cc3)sc2n1-c1ccccc1. The average Bonchev–Trinajstić information content (AvgIpc) is 3.36. The fraction of sp³-hybridized carbons (Fsp3) is 0.174. The highest BCUT2D eigenvalue weighted by Gasteiger charge is 2.21. The fourth-order valence-corrected chi connectivity index (χ4v) is 4.14. The van der Waals surface area contributed by atoms with Crippen LogP contribution < -0.4 is 10.2 Å². The second-order valence-corrected chi connectivity index (χ2v) is 8.29. The summed E-state index contributed by atoms with van der Waals surface area (Å²) < 4.78 is 20.1. The van der Waals surface area contributed by atoms with Gasteiger partial charge in [-0.15, -0.1) is 11.3 Å². The van der Waals surface area contributed by atoms with Gasteiger partial charge in [0.1, 0.15) is 21.0 Å². The van der Waals surface area contributed by atoms with Gasteiger partial charge in [-0.3, -0.25) is 9.36 Å². The molecule has 4 aromatic rings. The molecule has 0 radical (unpaired) electrons. The number of halogens is 1. The second kappa shape index (κ2) is 9.19. The van der Waals surface area contributed by atoms with Crippen molar-refractivity contribution in [1.29, 1.82) is 0 Å². The number of nitrogens with one attached hydrogen (secondary N) is 1. The lowest BCUT2D eigenvalue weighted by Gasteiger charge is -2.14. The van der Waals surface area contributed by atoms with E-state index in [4.69, 9.17) is 4.74 Å². The van der Waals surface area contributed by atoms with Crippen molar-refractivity contribution in [2.45, 2.75) is 6.54 Å². The molecule has 2 aromatic carbocycles. The van der Waals surface area contributed by atoms with Crippen LogP contribution >= 0.6 is 11.3 Å². The number of thiophene rings is 1. The Bertz CT molecular complexity index is 1250. The van der Waals surface area contributed by atoms with Crippen LogP contribution in [0.2, 0.25) is 0 Å². The number of fused-ring (bicyclic) bond motifs is 1. The number of aromatic nitrogens is 2. The Morgan fingerprint density at radius 1 is 1.12 bits per heavy atom. The van der Waals surface area contributed by atoms with E-state index in [9.17, 15) is 14.0 Å². The number of imidazole rings is 1. The minimum Gasteiger partial charge on any atom is -0.451 e. The summed E-state index contributed by atoms with van der Waals surface area (Å²) in [5.74, 6) is -0.621. The lowest BCUT2D eigenvalue weighted by molar-refractivity contribution is -0.124. The van der Waals surface area contributed by atoms with E-state index in [-0.39, 0.29) is 12.4 Å². The van der Waals surface area contributed by atoms with Gasteiger partial charge in [0.25, 0.3) is 5.91 Å². The van der Waals surface area contributed by atoms with E-state index < -0.39 is 18.5 Å². The van der Waals surface area contributed by atoms with Gasteiger partial charge in [-0.1, -0.05) is 30.3 Å². The minimum atomic E-state index is -0.587. The van der Waals surface area contributed by atoms with Crippen LogP contribution in [0.4, 0.5) is 10.3 Å². The van der Waals surface area contributed by atoms with E-state index >= 15 is 0 Å². The standard InChI is InChI=1S/C23H21FN4O3S/c1-27(2)23-26-18-12-19(32-21(18)28(23)17-6-4-3-5-7-17)22(30)31-14-20(29)25-13-15-8-10-16(24)11-9-15/h3-12H,13-14H2,1-2H3,(H,25,29). The maximum atomic E-state index is 12.9. The lowest BCUT2D eigenvalue weighted by atomic mass is 10.2. The highest BCUT2D eigenvalue weighted by Crippen LogP contribution is 2.32. The summed E-state index contributed by atoms with van der Waals surface area (Å²) >= 11 is 1.26. The van der Waals surface area contributed by atoms with Crippen molar-refractivity contribution in [2.75, 3.05) is 25.6 Å². The molecule has 2 aromatic heterocycles. The average molecular weight is 453 g/mol. The number of hydrogen-bond acceptors (Lipinski definition) is 6. The molecule has 0 atom stereocenters. The lowest BCUT2D eigenvalue weighted by Crippen LogP contribution is -2.28. The largest absolute Gasteiger partial charge is 0.451 e. The van der Waals surface area contributed by atoms with Gasteiger partial charge in [-0.05, 0) is 35.9 Å². The Labute approximate surface area is 188 Å². The normalized spacial score (nSPS) is 10.8. The predicted octanol–water partition coefficient (Wildman–Crippen LogP) is 3.77. The monoisotopic (exact) mass is 452 g/mol. The first-order chi connectivity index (χ1) is 15.4. The molecule has 2 heterocycles. The van der Waals surface area contributed by atoms with Crippen molar-refractivity contribution in [3.63, 3.8) is 0 Å². The number of benzene rings is 2. The summed E-state index contributed by atoms with van der Waals surface area (Å²) in [4.78, 5) is 32.3. The van der Waals surface area contributed by atoms with Gasteiger partial charge in [-0.25, -0.2) is 14.2 Å². The molecule has 0 fully saturated rings. The van der Waals surface area contributed by atoms with Crippen LogP contribution in [-0.4, -0.2) is 42.1 Å². The van der Waals surface area contributed by atoms with Gasteiger partial charge in [0.2, 0.25) is 5.95 Å². The van der Waals surface area contributed by atoms with Gasteiger partial charge < -0.3 is 15.0 Å². The van der Waals surface area contributed by atoms with Crippen molar-refractivity contribution in [3.8, 4) is 5.69 Å². The van der Waals surface area contributed by atoms with Gasteiger partial charge in [0, 0.05) is 26.3 Å². The third-order valence-corrected chi connectivity index (χ3v) is 5.76. The molecule has 0 saturated heterocycles. The zero-order valence-corrected chi connectivity index (χ0v) is 18.4. The maximum Gasteiger partial charge on any atom is 0.348 e. The van der Waals surface area contributed by atoms with Crippen LogP contribution in [0, 0.1) is 5.82 Å². The highest BCUT2D eigenvalue weighted by atomic mass is 32.1. The van der Waals surface area contributed by atoms with Gasteiger partial charge in [0.05, 0.1) is 0 Å². The van der Waals surface area contributed by atoms with Crippen LogP contribution in [-0.2, 0) is 16.1 Å². The zero-order chi connectivity index (χ0) is 22.7. The van der Waals surface area contributed by atoms with E-state index in [1.165, 1.54) is 23.5 Å². The summed E-state index contributed by atoms with van der Waals surface area (Å²) in [6.07, 6.45) is 0. The third kappa shape index (κ3) is 4.62. The quantitative estimate of drug-likeness (QED) is 0.432. The fourth-order valence-electron chi connectivity index (χ4n) is 3.13. The summed E-state index contributed by atoms with van der Waals surface area (Å²) in [6, 6.07) is 17.2. The van der Waals surface area contributed by atoms with Gasteiger partial charge >= 0.3 is 5.97 Å². The van der Waals surface area contributed by atoms with E-state index in [1.54, 1.807) is 18.2 Å². The Morgan fingerprint density at radius 3 is 2.53 bits per heavy atom. The molecule has 0 aliphatic carbocycles. The van der Waals surface area contributed by atoms with Crippen LogP contribution in [0.15, 0.2) is 60.7 Å². The number of carbonyl (C=O) groups is 2. The van der Waals surface area contributed by atoms with E-state index in [0.717, 1.165) is 22.0 Å². The number of anilines is 1. The molecule has 0 aliphatic rings. The molecule has 32 heavy (non-hydrogen) atoms. The molecule has 0 spiro atoms. The van der Waals surface area contributed by atoms with Crippen molar-refractivity contribution in [2.24, 2.45) is 0 Å². The number of nitrogens with zero attached hydrogens (tertiary/aromatic N) is 3. The number of esters is 1. The van der Waals surface area contributed by atoms with Crippen molar-refractivity contribution in [1.82, 2.24) is 14.9 Å². The van der Waals surface area contributed by atoms with E-state index in [0.29, 0.717) is 10.4 Å². The van der Waals surface area contributed by atoms with Crippen LogP contribution in [0.3, 0.4) is 0 Å². The summed E-state index contributed by atoms with van der Waals surface area (Å²) in [5.41, 5.74) is 2.35. The van der Waals surface area contributed by atoms with E-state index in [1.807, 2.05) is 53.9 Å². The molecular formula is C23H21FN4O3S. The predicted molar refractivity (Wildman–Crippen MR) is 122 cm³/mol. The molecule has 9 heteroatoms. The van der Waals surface area contributed by atoms with E-state index in [2.05, 4.69) is 10.3 Å². The molecule has 1 N–H and O–H groups in total. The Kier molecular flexibility index (Phi) is 6.18. The third-order valence-electron chi connectivity index (χ3n) is 4.67. The second-order valence-electron chi connectivity index (χ2n) is 7.26. The number of rotatable bonds is 7. The Morgan fingerprint density at radius 2 is 1.84 bits per heavy atom. The molecule has 1 amide bonds. The van der Waals surface area contributed by atoms with Crippen molar-refractivity contribution in [3.05, 3.63) is 76.9 Å². The van der Waals surface area contributed by atoms with Crippen molar-refractivity contribution >= 4 is 39.5 Å². The zero-order valence-electron chi connectivity index (χ0n) is 17.5. The first-order valence-corrected chi connectivity index (χ1v) is 10.7. The summed E-state index contributed by atoms with van der Waals surface area (Å²) in [7, 11) is 3.82. The van der Waals surface area contributed by atoms with Crippen molar-refractivity contribution < 1.29 is 18.7 Å². The molecule has 0 saturated carbocycles. The van der Waals surface area contributed by atoms with Gasteiger partial charge in [0.15, 0.2) is 6.61 Å². The summed E-state index contributed by atoms with van der Waals surface area (Å²) in [6.45, 7) is -0.185. The molecule has 0 unspecified atom stereocenters. The Balaban J connectivity index is 1.44. The molecule has 4 rings (SSSR count). The number of amides is 1. The van der Waals surface area contributed by atoms with Gasteiger partial charge in [-0.2, -0.15) is 0 Å². The summed E-state index contributed by atoms with van der Waals surface area (Å²) in [5, 5.41) is 2.64. The molecule has 7 nitrogen and oxygen atoms in total.